The molecule has 3 nitrogen and oxygen atoms in total. The van der Waals surface area contributed by atoms with Crippen molar-refractivity contribution in [2.45, 2.75) is 43.9 Å². The van der Waals surface area contributed by atoms with Crippen LogP contribution in [0.1, 0.15) is 13.3 Å². The highest BCUT2D eigenvalue weighted by Gasteiger charge is 2.47. The molecule has 0 aromatic rings. The second-order valence-electron chi connectivity index (χ2n) is 5.26. The lowest BCUT2D eigenvalue weighted by atomic mass is 10.6. The van der Waals surface area contributed by atoms with Gasteiger partial charge < -0.3 is 13.3 Å². The quantitative estimate of drug-likeness (QED) is 0.611. The van der Waals surface area contributed by atoms with E-state index in [1.54, 1.807) is 21.3 Å². The molecule has 6 heteroatoms. The Hall–Kier alpha value is 0.664. The van der Waals surface area contributed by atoms with Crippen molar-refractivity contribution in [1.82, 2.24) is 0 Å². The van der Waals surface area contributed by atoms with Gasteiger partial charge in [0.05, 0.1) is 4.87 Å². The highest BCUT2D eigenvalue weighted by atomic mass is 32.2. The van der Waals surface area contributed by atoms with Gasteiger partial charge in [0.1, 0.15) is 0 Å². The van der Waals surface area contributed by atoms with Crippen LogP contribution < -0.4 is 0 Å². The van der Waals surface area contributed by atoms with Gasteiger partial charge in [0.15, 0.2) is 0 Å². The van der Waals surface area contributed by atoms with Crippen molar-refractivity contribution in [2.75, 3.05) is 27.1 Å². The maximum Gasteiger partial charge on any atom is 0.513 e. The summed E-state index contributed by atoms with van der Waals surface area (Å²) in [6.45, 7) is 9.37. The molecule has 0 spiro atoms. The van der Waals surface area contributed by atoms with Crippen molar-refractivity contribution < 1.29 is 13.3 Å². The van der Waals surface area contributed by atoms with E-state index in [1.165, 1.54) is 6.04 Å². The highest BCUT2D eigenvalue weighted by Crippen LogP contribution is 2.30. The molecule has 0 bridgehead atoms. The molecule has 0 fully saturated rings. The summed E-state index contributed by atoms with van der Waals surface area (Å²) in [7, 11) is 1.61. The van der Waals surface area contributed by atoms with E-state index in [0.29, 0.717) is 4.87 Å². The van der Waals surface area contributed by atoms with Gasteiger partial charge in [0.2, 0.25) is 0 Å². The van der Waals surface area contributed by atoms with Gasteiger partial charge in [-0.2, -0.15) is 11.8 Å². The second-order valence-corrected chi connectivity index (χ2v) is 15.9. The fourth-order valence-corrected chi connectivity index (χ4v) is 8.08. The van der Waals surface area contributed by atoms with Crippen molar-refractivity contribution in [1.29, 1.82) is 0 Å². The maximum absolute atomic E-state index is 5.61. The van der Waals surface area contributed by atoms with E-state index in [9.17, 15) is 0 Å². The molecule has 0 saturated heterocycles. The zero-order valence-electron chi connectivity index (χ0n) is 12.3. The predicted molar refractivity (Wildman–Crippen MR) is 81.5 cm³/mol. The minimum absolute atomic E-state index is 0.360. The highest BCUT2D eigenvalue weighted by molar-refractivity contribution is 8.01. The Bertz CT molecular complexity index is 197. The van der Waals surface area contributed by atoms with E-state index in [4.69, 9.17) is 13.3 Å². The first-order valence-corrected chi connectivity index (χ1v) is 12.7. The molecule has 0 saturated carbocycles. The fourth-order valence-electron chi connectivity index (χ4n) is 1.77. The van der Waals surface area contributed by atoms with E-state index in [2.05, 4.69) is 26.6 Å². The molecule has 0 amide bonds. The number of thioether (sulfide) groups is 1. The van der Waals surface area contributed by atoms with Gasteiger partial charge in [-0.1, -0.05) is 32.6 Å². The second kappa shape index (κ2) is 7.96. The molecule has 0 aromatic heterocycles. The smallest absolute Gasteiger partial charge is 0.376 e. The summed E-state index contributed by atoms with van der Waals surface area (Å²) in [5.74, 6) is 1.07. The molecule has 17 heavy (non-hydrogen) atoms. The monoisotopic (exact) mass is 296 g/mol. The molecule has 0 rings (SSSR count). The number of hydrogen-bond acceptors (Lipinski definition) is 4. The molecule has 1 unspecified atom stereocenters. The summed E-state index contributed by atoms with van der Waals surface area (Å²) < 4.78 is 16.8. The molecule has 0 aromatic carbocycles. The van der Waals surface area contributed by atoms with E-state index in [1.807, 2.05) is 11.8 Å². The van der Waals surface area contributed by atoms with Crippen molar-refractivity contribution in [3.8, 4) is 0 Å². The molecule has 0 N–H and O–H groups in total. The Morgan fingerprint density at radius 2 is 1.47 bits per heavy atom. The predicted octanol–water partition coefficient (Wildman–Crippen LogP) is 3.25. The van der Waals surface area contributed by atoms with Crippen LogP contribution in [0.5, 0.6) is 0 Å². The average molecular weight is 297 g/mol. The van der Waals surface area contributed by atoms with Crippen LogP contribution in [-0.2, 0) is 13.3 Å². The van der Waals surface area contributed by atoms with Crippen LogP contribution >= 0.6 is 11.8 Å². The SMILES string of the molecule is CCSC(CC[Si](C)(C)C)[Si](OC)(OC)OC. The van der Waals surface area contributed by atoms with Crippen molar-refractivity contribution in [3.63, 3.8) is 0 Å². The summed E-state index contributed by atoms with van der Waals surface area (Å²) in [6.07, 6.45) is 1.13. The van der Waals surface area contributed by atoms with Crippen LogP contribution in [0.2, 0.25) is 25.7 Å². The zero-order valence-corrected chi connectivity index (χ0v) is 15.1. The minimum atomic E-state index is -2.48. The molecule has 0 aliphatic carbocycles. The Morgan fingerprint density at radius 1 is 1.00 bits per heavy atom. The molecule has 0 radical (unpaired) electrons. The topological polar surface area (TPSA) is 27.7 Å². The van der Waals surface area contributed by atoms with E-state index < -0.39 is 16.9 Å². The van der Waals surface area contributed by atoms with E-state index >= 15 is 0 Å². The Kier molecular flexibility index (Phi) is 8.27. The van der Waals surface area contributed by atoms with Gasteiger partial charge in [-0.05, 0) is 12.2 Å². The average Bonchev–Trinajstić information content (AvgIpc) is 2.27. The standard InChI is InChI=1S/C11H28O3SSi2/c1-8-15-11(9-10-16(5,6)7)17(12-2,13-3)14-4/h11H,8-10H2,1-7H3. The molecular weight excluding hydrogens is 268 g/mol. The summed E-state index contributed by atoms with van der Waals surface area (Å²) >= 11 is 1.91. The van der Waals surface area contributed by atoms with Gasteiger partial charge >= 0.3 is 8.80 Å². The van der Waals surface area contributed by atoms with Gasteiger partial charge in [-0.3, -0.25) is 0 Å². The Morgan fingerprint density at radius 3 is 1.76 bits per heavy atom. The minimum Gasteiger partial charge on any atom is -0.376 e. The molecular formula is C11H28O3SSi2. The lowest BCUT2D eigenvalue weighted by molar-refractivity contribution is 0.121. The summed E-state index contributed by atoms with van der Waals surface area (Å²) in [5, 5.41) is 0. The first-order valence-electron chi connectivity index (χ1n) is 6.12. The van der Waals surface area contributed by atoms with Gasteiger partial charge in [0, 0.05) is 29.4 Å². The van der Waals surface area contributed by atoms with Crippen LogP contribution in [0.3, 0.4) is 0 Å². The number of hydrogen-bond donors (Lipinski definition) is 0. The van der Waals surface area contributed by atoms with Gasteiger partial charge in [0.25, 0.3) is 0 Å². The molecule has 0 aliphatic rings. The Balaban J connectivity index is 4.68. The van der Waals surface area contributed by atoms with Crippen LogP contribution in [0.4, 0.5) is 0 Å². The zero-order chi connectivity index (χ0) is 13.5. The molecule has 0 heterocycles. The lowest BCUT2D eigenvalue weighted by Gasteiger charge is -2.33. The lowest BCUT2D eigenvalue weighted by Crippen LogP contribution is -2.53. The first kappa shape index (κ1) is 17.7. The van der Waals surface area contributed by atoms with Gasteiger partial charge in [-0.25, -0.2) is 0 Å². The van der Waals surface area contributed by atoms with Crippen LogP contribution in [0, 0.1) is 0 Å². The van der Waals surface area contributed by atoms with Crippen LogP contribution in [0.25, 0.3) is 0 Å². The summed E-state index contributed by atoms with van der Waals surface area (Å²) in [6, 6.07) is 1.29. The fraction of sp³-hybridized carbons (Fsp3) is 1.00. The largest absolute Gasteiger partial charge is 0.513 e. The number of rotatable bonds is 9. The Labute approximate surface area is 113 Å². The van der Waals surface area contributed by atoms with Crippen molar-refractivity contribution >= 4 is 28.6 Å². The molecule has 0 aliphatic heterocycles. The summed E-state index contributed by atoms with van der Waals surface area (Å²) in [5.41, 5.74) is 0. The third kappa shape index (κ3) is 5.89. The third-order valence-electron chi connectivity index (χ3n) is 2.77. The maximum atomic E-state index is 5.61. The summed E-state index contributed by atoms with van der Waals surface area (Å²) in [4.78, 5) is 0.360. The van der Waals surface area contributed by atoms with E-state index in [-0.39, 0.29) is 0 Å². The molecule has 1 atom stereocenters. The van der Waals surface area contributed by atoms with Crippen LogP contribution in [-0.4, -0.2) is 48.8 Å². The van der Waals surface area contributed by atoms with Crippen molar-refractivity contribution in [3.05, 3.63) is 0 Å². The van der Waals surface area contributed by atoms with Crippen molar-refractivity contribution in [2.24, 2.45) is 0 Å². The normalized spacial score (nSPS) is 15.0. The third-order valence-corrected chi connectivity index (χ3v) is 9.68. The van der Waals surface area contributed by atoms with E-state index in [0.717, 1.165) is 12.2 Å². The van der Waals surface area contributed by atoms with Gasteiger partial charge in [-0.15, -0.1) is 0 Å². The first-order chi connectivity index (χ1) is 7.85. The van der Waals surface area contributed by atoms with Crippen LogP contribution in [0.15, 0.2) is 0 Å². The molecule has 104 valence electrons.